The van der Waals surface area contributed by atoms with E-state index >= 15 is 0 Å². The van der Waals surface area contributed by atoms with Gasteiger partial charge >= 0.3 is 0 Å². The van der Waals surface area contributed by atoms with Gasteiger partial charge in [-0.3, -0.25) is 0 Å². The van der Waals surface area contributed by atoms with Crippen LogP contribution in [0.3, 0.4) is 0 Å². The number of anilines is 1. The minimum atomic E-state index is -1.10. The molecule has 1 heterocycles. The van der Waals surface area contributed by atoms with E-state index in [4.69, 9.17) is 0 Å². The Morgan fingerprint density at radius 3 is 2.58 bits per heavy atom. The average Bonchev–Trinajstić information content (AvgIpc) is 3.05. The topological polar surface area (TPSA) is 52.2 Å². The fourth-order valence-electron chi connectivity index (χ4n) is 4.14. The third kappa shape index (κ3) is 2.23. The third-order valence-electron chi connectivity index (χ3n) is 5.38. The Bertz CT molecular complexity index is 836. The van der Waals surface area contributed by atoms with Crippen molar-refractivity contribution in [3.63, 3.8) is 0 Å². The lowest BCUT2D eigenvalue weighted by Gasteiger charge is -2.39. The van der Waals surface area contributed by atoms with E-state index in [1.165, 1.54) is 11.1 Å². The molecule has 2 aromatic rings. The van der Waals surface area contributed by atoms with Gasteiger partial charge in [0.25, 0.3) is 0 Å². The van der Waals surface area contributed by atoms with Crippen LogP contribution < -0.4 is 10.4 Å². The van der Waals surface area contributed by atoms with Crippen molar-refractivity contribution >= 4 is 11.7 Å². The molecule has 2 aliphatic rings. The number of carbonyl (C=O) groups excluding carboxylic acids is 1. The molecule has 0 aromatic heterocycles. The predicted molar refractivity (Wildman–Crippen MR) is 93.0 cm³/mol. The Balaban J connectivity index is 1.86. The molecule has 0 saturated heterocycles. The first-order valence-electron chi connectivity index (χ1n) is 8.41. The summed E-state index contributed by atoms with van der Waals surface area (Å²) in [5, 5.41) is 15.2. The van der Waals surface area contributed by atoms with Crippen molar-refractivity contribution in [3.05, 3.63) is 76.4 Å². The van der Waals surface area contributed by atoms with Crippen molar-refractivity contribution in [1.82, 2.24) is 0 Å². The van der Waals surface area contributed by atoms with Crippen LogP contribution in [0.15, 0.2) is 48.6 Å². The highest BCUT2D eigenvalue weighted by atomic mass is 16.4. The Labute approximate surface area is 142 Å². The molecule has 0 saturated carbocycles. The molecule has 0 spiro atoms. The fourth-order valence-corrected chi connectivity index (χ4v) is 4.14. The first-order chi connectivity index (χ1) is 11.6. The van der Waals surface area contributed by atoms with Crippen molar-refractivity contribution in [2.24, 2.45) is 5.92 Å². The van der Waals surface area contributed by atoms with Gasteiger partial charge in [0.2, 0.25) is 0 Å². The van der Waals surface area contributed by atoms with Gasteiger partial charge in [-0.25, -0.2) is 0 Å². The highest BCUT2D eigenvalue weighted by Gasteiger charge is 2.39. The molecule has 1 aliphatic heterocycles. The second kappa shape index (κ2) is 5.52. The van der Waals surface area contributed by atoms with Crippen molar-refractivity contribution in [1.29, 1.82) is 0 Å². The molecule has 0 amide bonds. The number of hydrogen-bond acceptors (Lipinski definition) is 3. The van der Waals surface area contributed by atoms with Gasteiger partial charge in [-0.05, 0) is 42.9 Å². The first-order valence-corrected chi connectivity index (χ1v) is 8.41. The SMILES string of the molecule is Cc1ccc([C@@H]2Nc3c(C)ccc(C(=O)[O-])c3[C@@H]3C=CC[C@@H]32)cc1. The van der Waals surface area contributed by atoms with Crippen LogP contribution in [0.4, 0.5) is 5.69 Å². The molecule has 2 aromatic carbocycles. The van der Waals surface area contributed by atoms with Crippen molar-refractivity contribution in [2.45, 2.75) is 32.2 Å². The number of benzene rings is 2. The van der Waals surface area contributed by atoms with Crippen molar-refractivity contribution < 1.29 is 9.90 Å². The number of carboxylic acids is 1. The average molecular weight is 318 g/mol. The van der Waals surface area contributed by atoms with Crippen LogP contribution in [-0.4, -0.2) is 5.97 Å². The second-order valence-electron chi connectivity index (χ2n) is 6.89. The van der Waals surface area contributed by atoms with E-state index in [0.29, 0.717) is 11.5 Å². The summed E-state index contributed by atoms with van der Waals surface area (Å²) in [5.74, 6) is -0.638. The summed E-state index contributed by atoms with van der Waals surface area (Å²) in [5.41, 5.74) is 5.72. The summed E-state index contributed by atoms with van der Waals surface area (Å²) >= 11 is 0. The largest absolute Gasteiger partial charge is 0.545 e. The minimum Gasteiger partial charge on any atom is -0.545 e. The number of aromatic carboxylic acids is 1. The van der Waals surface area contributed by atoms with E-state index in [1.807, 2.05) is 13.0 Å². The minimum absolute atomic E-state index is 0.125. The number of hydrogen-bond donors (Lipinski definition) is 1. The van der Waals surface area contributed by atoms with Crippen molar-refractivity contribution in [3.8, 4) is 0 Å². The summed E-state index contributed by atoms with van der Waals surface area (Å²) in [7, 11) is 0. The van der Waals surface area contributed by atoms with Gasteiger partial charge in [0.1, 0.15) is 0 Å². The van der Waals surface area contributed by atoms with E-state index in [1.54, 1.807) is 6.07 Å². The fraction of sp³-hybridized carbons (Fsp3) is 0.286. The van der Waals surface area contributed by atoms with Gasteiger partial charge in [0.05, 0.1) is 12.0 Å². The Kier molecular flexibility index (Phi) is 3.45. The molecule has 1 N–H and O–H groups in total. The van der Waals surface area contributed by atoms with Gasteiger partial charge in [-0.2, -0.15) is 0 Å². The van der Waals surface area contributed by atoms with Crippen LogP contribution in [0, 0.1) is 19.8 Å². The zero-order chi connectivity index (χ0) is 16.8. The van der Waals surface area contributed by atoms with Crippen LogP contribution in [0.25, 0.3) is 0 Å². The second-order valence-corrected chi connectivity index (χ2v) is 6.89. The van der Waals surface area contributed by atoms with E-state index in [0.717, 1.165) is 23.2 Å². The van der Waals surface area contributed by atoms with E-state index in [9.17, 15) is 9.90 Å². The number of nitrogens with one attached hydrogen (secondary N) is 1. The van der Waals surface area contributed by atoms with E-state index < -0.39 is 5.97 Å². The summed E-state index contributed by atoms with van der Waals surface area (Å²) < 4.78 is 0. The Morgan fingerprint density at radius 2 is 1.88 bits per heavy atom. The number of carboxylic acid groups (broad SMARTS) is 1. The highest BCUT2D eigenvalue weighted by molar-refractivity contribution is 5.91. The predicted octanol–water partition coefficient (Wildman–Crippen LogP) is 3.49. The number of allylic oxidation sites excluding steroid dienone is 2. The zero-order valence-electron chi connectivity index (χ0n) is 13.9. The Hall–Kier alpha value is -2.55. The molecule has 24 heavy (non-hydrogen) atoms. The van der Waals surface area contributed by atoms with Crippen LogP contribution in [0.5, 0.6) is 0 Å². The third-order valence-corrected chi connectivity index (χ3v) is 5.38. The summed E-state index contributed by atoms with van der Waals surface area (Å²) in [6.45, 7) is 4.11. The molecule has 4 rings (SSSR count). The highest BCUT2D eigenvalue weighted by Crippen LogP contribution is 2.51. The van der Waals surface area contributed by atoms with Gasteiger partial charge in [-0.15, -0.1) is 0 Å². The van der Waals surface area contributed by atoms with Gasteiger partial charge in [-0.1, -0.05) is 54.1 Å². The molecule has 3 atom stereocenters. The standard InChI is InChI=1S/C21H21NO2/c1-12-6-9-14(10-7-12)20-16-5-3-4-15(16)18-17(21(23)24)11-8-13(2)19(18)22-20/h3-4,6-11,15-16,20,22H,5H2,1-2H3,(H,23,24)/p-1/t15-,16+,20+/m1/s1. The van der Waals surface area contributed by atoms with Crippen LogP contribution in [-0.2, 0) is 0 Å². The molecule has 1 aliphatic carbocycles. The summed E-state index contributed by atoms with van der Waals surface area (Å²) in [6.07, 6.45) is 5.29. The zero-order valence-corrected chi connectivity index (χ0v) is 13.9. The summed E-state index contributed by atoms with van der Waals surface area (Å²) in [6, 6.07) is 12.3. The number of fused-ring (bicyclic) bond motifs is 3. The monoisotopic (exact) mass is 318 g/mol. The number of rotatable bonds is 2. The van der Waals surface area contributed by atoms with E-state index in [2.05, 4.69) is 48.7 Å². The maximum absolute atomic E-state index is 11.6. The molecule has 0 unspecified atom stereocenters. The number of carbonyl (C=O) groups is 1. The lowest BCUT2D eigenvalue weighted by molar-refractivity contribution is -0.255. The maximum Gasteiger partial charge on any atom is 0.0719 e. The smallest absolute Gasteiger partial charge is 0.0719 e. The number of aryl methyl sites for hydroxylation is 2. The van der Waals surface area contributed by atoms with Crippen LogP contribution in [0.2, 0.25) is 0 Å². The van der Waals surface area contributed by atoms with Crippen LogP contribution >= 0.6 is 0 Å². The molecular formula is C21H20NO2-. The molecule has 0 bridgehead atoms. The maximum atomic E-state index is 11.6. The molecular weight excluding hydrogens is 298 g/mol. The summed E-state index contributed by atoms with van der Waals surface area (Å²) in [4.78, 5) is 11.6. The molecule has 3 nitrogen and oxygen atoms in total. The molecule has 122 valence electrons. The lowest BCUT2D eigenvalue weighted by Crippen LogP contribution is -2.33. The van der Waals surface area contributed by atoms with Gasteiger partial charge in [0.15, 0.2) is 0 Å². The first kappa shape index (κ1) is 15.0. The Morgan fingerprint density at radius 1 is 1.12 bits per heavy atom. The molecule has 0 fully saturated rings. The van der Waals surface area contributed by atoms with Crippen molar-refractivity contribution in [2.75, 3.05) is 5.32 Å². The van der Waals surface area contributed by atoms with Crippen LogP contribution in [0.1, 0.15) is 51.0 Å². The quantitative estimate of drug-likeness (QED) is 0.862. The van der Waals surface area contributed by atoms with Gasteiger partial charge < -0.3 is 15.2 Å². The normalized spacial score (nSPS) is 24.2. The molecule has 3 heteroatoms. The van der Waals surface area contributed by atoms with Gasteiger partial charge in [0, 0.05) is 17.2 Å². The van der Waals surface area contributed by atoms with E-state index in [-0.39, 0.29) is 12.0 Å². The molecule has 0 radical (unpaired) electrons. The lowest BCUT2D eigenvalue weighted by atomic mass is 9.74.